The number of allylic oxidation sites excluding steroid dienone is 1. The molecule has 1 aromatic carbocycles. The predicted molar refractivity (Wildman–Crippen MR) is 62.3 cm³/mol. The van der Waals surface area contributed by atoms with Crippen LogP contribution in [0.15, 0.2) is 42.6 Å². The largest absolute Gasteiger partial charge is 0.351 e. The molecule has 0 unspecified atom stereocenters. The van der Waals surface area contributed by atoms with Crippen LogP contribution in [0.25, 0.3) is 0 Å². The Morgan fingerprint density at radius 3 is 2.46 bits per heavy atom. The van der Waals surface area contributed by atoms with Gasteiger partial charge in [0.05, 0.1) is 0 Å². The summed E-state index contributed by atoms with van der Waals surface area (Å²) in [5.74, 6) is 0. The molecule has 0 aliphatic heterocycles. The first-order chi connectivity index (χ1) is 6.20. The lowest BCUT2D eigenvalue weighted by Gasteiger charge is -2.13. The molecule has 0 aliphatic rings. The monoisotopic (exact) mass is 191 g/mol. The van der Waals surface area contributed by atoms with Gasteiger partial charge in [-0.1, -0.05) is 30.4 Å². The van der Waals surface area contributed by atoms with Gasteiger partial charge in [-0.15, -0.1) is 0 Å². The van der Waals surface area contributed by atoms with Gasteiger partial charge in [0.15, 0.2) is 0 Å². The van der Waals surface area contributed by atoms with E-state index in [2.05, 4.69) is 12.1 Å². The van der Waals surface area contributed by atoms with Gasteiger partial charge in [-0.05, 0) is 25.1 Å². The lowest BCUT2D eigenvalue weighted by atomic mass is 10.3. The summed E-state index contributed by atoms with van der Waals surface area (Å²) in [4.78, 5) is 2.93. The van der Waals surface area contributed by atoms with Crippen LogP contribution in [0, 0.1) is 0 Å². The minimum Gasteiger partial charge on any atom is -0.351 e. The number of thiocarbonyl (C=S) groups is 1. The summed E-state index contributed by atoms with van der Waals surface area (Å²) in [6, 6.07) is 10.2. The van der Waals surface area contributed by atoms with Crippen molar-refractivity contribution in [3.63, 3.8) is 0 Å². The third-order valence-corrected chi connectivity index (χ3v) is 1.83. The standard InChI is InChI=1S/C11H13NS/c1-10(13)8-9-12(2)11-6-4-3-5-7-11/h3-9H,1-2H3. The molecule has 0 atom stereocenters. The summed E-state index contributed by atoms with van der Waals surface area (Å²) in [5.41, 5.74) is 1.16. The molecular weight excluding hydrogens is 178 g/mol. The summed E-state index contributed by atoms with van der Waals surface area (Å²) in [6.07, 6.45) is 3.89. The van der Waals surface area contributed by atoms with Crippen LogP contribution in [0.2, 0.25) is 0 Å². The lowest BCUT2D eigenvalue weighted by molar-refractivity contribution is 1.21. The van der Waals surface area contributed by atoms with Crippen molar-refractivity contribution >= 4 is 22.8 Å². The van der Waals surface area contributed by atoms with Crippen LogP contribution in [0.1, 0.15) is 6.92 Å². The van der Waals surface area contributed by atoms with Crippen molar-refractivity contribution in [1.29, 1.82) is 0 Å². The van der Waals surface area contributed by atoms with Crippen molar-refractivity contribution in [2.75, 3.05) is 11.9 Å². The van der Waals surface area contributed by atoms with Gasteiger partial charge in [0.2, 0.25) is 0 Å². The number of nitrogens with zero attached hydrogens (tertiary/aromatic N) is 1. The second-order valence-electron chi connectivity index (χ2n) is 2.87. The normalized spacial score (nSPS) is 10.3. The summed E-state index contributed by atoms with van der Waals surface area (Å²) in [5, 5.41) is 0. The molecule has 0 amide bonds. The van der Waals surface area contributed by atoms with Gasteiger partial charge >= 0.3 is 0 Å². The first-order valence-electron chi connectivity index (χ1n) is 4.17. The summed E-state index contributed by atoms with van der Waals surface area (Å²) in [6.45, 7) is 1.91. The highest BCUT2D eigenvalue weighted by atomic mass is 32.1. The number of hydrogen-bond donors (Lipinski definition) is 0. The fourth-order valence-electron chi connectivity index (χ4n) is 0.966. The van der Waals surface area contributed by atoms with Crippen molar-refractivity contribution in [1.82, 2.24) is 0 Å². The number of benzene rings is 1. The number of hydrogen-bond acceptors (Lipinski definition) is 2. The van der Waals surface area contributed by atoms with Crippen LogP contribution in [-0.2, 0) is 0 Å². The average molecular weight is 191 g/mol. The van der Waals surface area contributed by atoms with E-state index in [1.54, 1.807) is 0 Å². The van der Waals surface area contributed by atoms with Gasteiger partial charge in [-0.25, -0.2) is 0 Å². The molecule has 0 saturated heterocycles. The average Bonchev–Trinajstić information content (AvgIpc) is 2.15. The number of para-hydroxylation sites is 1. The van der Waals surface area contributed by atoms with Gasteiger partial charge in [-0.3, -0.25) is 0 Å². The van der Waals surface area contributed by atoms with Crippen LogP contribution in [-0.4, -0.2) is 11.9 Å². The topological polar surface area (TPSA) is 3.24 Å². The highest BCUT2D eigenvalue weighted by Crippen LogP contribution is 2.10. The molecule has 0 saturated carbocycles. The van der Waals surface area contributed by atoms with E-state index in [4.69, 9.17) is 12.2 Å². The third kappa shape index (κ3) is 3.38. The van der Waals surface area contributed by atoms with Crippen LogP contribution in [0.4, 0.5) is 5.69 Å². The SMILES string of the molecule is CC(=S)C=CN(C)c1ccccc1. The number of rotatable bonds is 3. The van der Waals surface area contributed by atoms with E-state index in [9.17, 15) is 0 Å². The minimum atomic E-state index is 0.891. The Balaban J connectivity index is 2.69. The molecule has 1 nitrogen and oxygen atoms in total. The maximum Gasteiger partial charge on any atom is 0.0403 e. The van der Waals surface area contributed by atoms with Crippen molar-refractivity contribution in [2.24, 2.45) is 0 Å². The van der Waals surface area contributed by atoms with Crippen molar-refractivity contribution in [3.05, 3.63) is 42.6 Å². The predicted octanol–water partition coefficient (Wildman–Crippen LogP) is 3.03. The van der Waals surface area contributed by atoms with Crippen molar-refractivity contribution in [2.45, 2.75) is 6.92 Å². The first-order valence-corrected chi connectivity index (χ1v) is 4.57. The maximum atomic E-state index is 4.95. The molecule has 0 N–H and O–H groups in total. The third-order valence-electron chi connectivity index (χ3n) is 1.70. The van der Waals surface area contributed by atoms with Crippen LogP contribution >= 0.6 is 12.2 Å². The zero-order chi connectivity index (χ0) is 9.68. The van der Waals surface area contributed by atoms with Gasteiger partial charge in [0.25, 0.3) is 0 Å². The Morgan fingerprint density at radius 1 is 1.31 bits per heavy atom. The highest BCUT2D eigenvalue weighted by molar-refractivity contribution is 7.80. The second kappa shape index (κ2) is 4.77. The van der Waals surface area contributed by atoms with E-state index < -0.39 is 0 Å². The molecule has 0 spiro atoms. The second-order valence-corrected chi connectivity index (χ2v) is 3.52. The molecule has 0 fully saturated rings. The summed E-state index contributed by atoms with van der Waals surface area (Å²) < 4.78 is 0. The molecule has 0 radical (unpaired) electrons. The van der Waals surface area contributed by atoms with Crippen molar-refractivity contribution in [3.8, 4) is 0 Å². The Labute approximate surface area is 84.7 Å². The first kappa shape index (κ1) is 9.93. The van der Waals surface area contributed by atoms with E-state index in [-0.39, 0.29) is 0 Å². The van der Waals surface area contributed by atoms with E-state index in [0.717, 1.165) is 10.6 Å². The Morgan fingerprint density at radius 2 is 1.92 bits per heavy atom. The van der Waals surface area contributed by atoms with E-state index >= 15 is 0 Å². The molecule has 0 aliphatic carbocycles. The Kier molecular flexibility index (Phi) is 3.65. The van der Waals surface area contributed by atoms with Crippen LogP contribution in [0.3, 0.4) is 0 Å². The molecule has 2 heteroatoms. The number of anilines is 1. The summed E-state index contributed by atoms with van der Waals surface area (Å²) >= 11 is 4.95. The Hall–Kier alpha value is -1.15. The highest BCUT2D eigenvalue weighted by Gasteiger charge is 1.92. The molecule has 0 aromatic heterocycles. The fraction of sp³-hybridized carbons (Fsp3) is 0.182. The van der Waals surface area contributed by atoms with Crippen LogP contribution in [0.5, 0.6) is 0 Å². The van der Waals surface area contributed by atoms with Crippen LogP contribution < -0.4 is 4.90 Å². The van der Waals surface area contributed by atoms with Crippen molar-refractivity contribution < 1.29 is 0 Å². The summed E-state index contributed by atoms with van der Waals surface area (Å²) in [7, 11) is 2.00. The minimum absolute atomic E-state index is 0.891. The molecule has 0 heterocycles. The zero-order valence-corrected chi connectivity index (χ0v) is 8.71. The van der Waals surface area contributed by atoms with E-state index in [1.165, 1.54) is 0 Å². The molecule has 1 aromatic rings. The van der Waals surface area contributed by atoms with Gasteiger partial charge in [0, 0.05) is 23.8 Å². The molecule has 1 rings (SSSR count). The molecular formula is C11H13NS. The quantitative estimate of drug-likeness (QED) is 0.533. The molecule has 68 valence electrons. The zero-order valence-electron chi connectivity index (χ0n) is 7.90. The van der Waals surface area contributed by atoms with Gasteiger partial charge < -0.3 is 4.90 Å². The molecule has 13 heavy (non-hydrogen) atoms. The Bertz CT molecular complexity index is 303. The smallest absolute Gasteiger partial charge is 0.0403 e. The lowest BCUT2D eigenvalue weighted by Crippen LogP contribution is -2.07. The maximum absolute atomic E-state index is 4.95. The van der Waals surface area contributed by atoms with E-state index in [0.29, 0.717) is 0 Å². The van der Waals surface area contributed by atoms with Gasteiger partial charge in [0.1, 0.15) is 0 Å². The fourth-order valence-corrected chi connectivity index (χ4v) is 1.03. The molecule has 0 bridgehead atoms. The van der Waals surface area contributed by atoms with E-state index in [1.807, 2.05) is 49.3 Å². The van der Waals surface area contributed by atoms with Gasteiger partial charge in [-0.2, -0.15) is 0 Å².